The average Bonchev–Trinajstić information content (AvgIpc) is 3.10. The molecular weight excluding hydrogens is 308 g/mol. The summed E-state index contributed by atoms with van der Waals surface area (Å²) >= 11 is 0. The van der Waals surface area contributed by atoms with Gasteiger partial charge in [0.15, 0.2) is 0 Å². The number of ether oxygens (including phenoxy) is 2. The molecule has 5 aliphatic rings. The fourth-order valence-corrected chi connectivity index (χ4v) is 5.38. The van der Waals surface area contributed by atoms with Gasteiger partial charge >= 0.3 is 12.1 Å². The molecule has 0 aromatic rings. The minimum atomic E-state index is -0.141. The SMILES string of the molecule is CCOC(=O)C1C2CN(C3CC4CCC3CN4C(=O)OCC)CC21. The van der Waals surface area contributed by atoms with E-state index in [4.69, 9.17) is 9.47 Å². The van der Waals surface area contributed by atoms with Gasteiger partial charge in [0.1, 0.15) is 0 Å². The van der Waals surface area contributed by atoms with E-state index in [-0.39, 0.29) is 18.0 Å². The number of fused-ring (bicyclic) bond motifs is 4. The molecule has 3 saturated heterocycles. The van der Waals surface area contributed by atoms with Crippen LogP contribution in [0.4, 0.5) is 4.79 Å². The number of carbonyl (C=O) groups is 2. The van der Waals surface area contributed by atoms with E-state index in [0.717, 1.165) is 32.5 Å². The third-order valence-electron chi connectivity index (χ3n) is 6.55. The zero-order chi connectivity index (χ0) is 16.8. The summed E-state index contributed by atoms with van der Waals surface area (Å²) < 4.78 is 10.4. The Kier molecular flexibility index (Phi) is 4.19. The Morgan fingerprint density at radius 2 is 1.71 bits per heavy atom. The largest absolute Gasteiger partial charge is 0.466 e. The second kappa shape index (κ2) is 6.21. The summed E-state index contributed by atoms with van der Waals surface area (Å²) in [5.74, 6) is 1.72. The topological polar surface area (TPSA) is 59.1 Å². The maximum absolute atomic E-state index is 12.1. The first-order valence-electron chi connectivity index (χ1n) is 9.48. The molecule has 2 aliphatic carbocycles. The third-order valence-corrected chi connectivity index (χ3v) is 6.55. The van der Waals surface area contributed by atoms with Crippen LogP contribution >= 0.6 is 0 Å². The van der Waals surface area contributed by atoms with Gasteiger partial charge in [-0.05, 0) is 50.9 Å². The van der Waals surface area contributed by atoms with Crippen molar-refractivity contribution in [2.45, 2.75) is 45.2 Å². The molecule has 0 N–H and O–H groups in total. The smallest absolute Gasteiger partial charge is 0.410 e. The molecule has 6 heteroatoms. The van der Waals surface area contributed by atoms with Gasteiger partial charge < -0.3 is 14.4 Å². The van der Waals surface area contributed by atoms with Gasteiger partial charge in [0, 0.05) is 31.7 Å². The van der Waals surface area contributed by atoms with Crippen LogP contribution in [0.15, 0.2) is 0 Å². The summed E-state index contributed by atoms with van der Waals surface area (Å²) in [4.78, 5) is 28.5. The zero-order valence-electron chi connectivity index (χ0n) is 14.6. The summed E-state index contributed by atoms with van der Waals surface area (Å²) in [6, 6.07) is 0.905. The Balaban J connectivity index is 1.33. The predicted octanol–water partition coefficient (Wildman–Crippen LogP) is 1.74. The normalized spacial score (nSPS) is 40.3. The highest BCUT2D eigenvalue weighted by molar-refractivity contribution is 5.77. The van der Waals surface area contributed by atoms with E-state index in [1.807, 2.05) is 18.7 Å². The van der Waals surface area contributed by atoms with Gasteiger partial charge in [-0.1, -0.05) is 0 Å². The second-order valence-electron chi connectivity index (χ2n) is 7.71. The fourth-order valence-electron chi connectivity index (χ4n) is 5.38. The molecule has 0 spiro atoms. The zero-order valence-corrected chi connectivity index (χ0v) is 14.6. The van der Waals surface area contributed by atoms with E-state index >= 15 is 0 Å². The number of esters is 1. The summed E-state index contributed by atoms with van der Waals surface area (Å²) in [5, 5.41) is 0. The van der Waals surface area contributed by atoms with Gasteiger partial charge in [0.25, 0.3) is 0 Å². The molecule has 134 valence electrons. The van der Waals surface area contributed by atoms with Crippen molar-refractivity contribution in [1.82, 2.24) is 9.80 Å². The molecule has 5 unspecified atom stereocenters. The van der Waals surface area contributed by atoms with Gasteiger partial charge in [-0.2, -0.15) is 0 Å². The number of nitrogens with zero attached hydrogens (tertiary/aromatic N) is 2. The summed E-state index contributed by atoms with van der Waals surface area (Å²) in [7, 11) is 0. The Labute approximate surface area is 143 Å². The Morgan fingerprint density at radius 1 is 1.00 bits per heavy atom. The number of amides is 1. The van der Waals surface area contributed by atoms with E-state index in [1.54, 1.807) is 0 Å². The minimum absolute atomic E-state index is 0.00537. The minimum Gasteiger partial charge on any atom is -0.466 e. The van der Waals surface area contributed by atoms with Crippen molar-refractivity contribution in [3.8, 4) is 0 Å². The van der Waals surface area contributed by atoms with Crippen molar-refractivity contribution in [3.63, 3.8) is 0 Å². The molecule has 24 heavy (non-hydrogen) atoms. The predicted molar refractivity (Wildman–Crippen MR) is 87.3 cm³/mol. The monoisotopic (exact) mass is 336 g/mol. The van der Waals surface area contributed by atoms with E-state index in [2.05, 4.69) is 4.90 Å². The lowest BCUT2D eigenvalue weighted by atomic mass is 9.75. The van der Waals surface area contributed by atoms with Crippen LogP contribution in [0.5, 0.6) is 0 Å². The van der Waals surface area contributed by atoms with Gasteiger partial charge in [0.05, 0.1) is 19.1 Å². The molecule has 2 bridgehead atoms. The third kappa shape index (κ3) is 2.59. The number of hydrogen-bond acceptors (Lipinski definition) is 5. The number of carbonyl (C=O) groups excluding carboxylic acids is 2. The maximum Gasteiger partial charge on any atom is 0.410 e. The van der Waals surface area contributed by atoms with E-state index in [1.165, 1.54) is 6.42 Å². The van der Waals surface area contributed by atoms with Crippen LogP contribution in [-0.2, 0) is 14.3 Å². The fraction of sp³-hybridized carbons (Fsp3) is 0.889. The van der Waals surface area contributed by atoms with Crippen molar-refractivity contribution in [2.75, 3.05) is 32.8 Å². The molecule has 0 aromatic carbocycles. The van der Waals surface area contributed by atoms with Crippen molar-refractivity contribution >= 4 is 12.1 Å². The molecule has 5 atom stereocenters. The van der Waals surface area contributed by atoms with E-state index in [9.17, 15) is 9.59 Å². The van der Waals surface area contributed by atoms with Crippen molar-refractivity contribution in [3.05, 3.63) is 0 Å². The summed E-state index contributed by atoms with van der Waals surface area (Å²) in [6.45, 7) is 7.55. The van der Waals surface area contributed by atoms with Crippen molar-refractivity contribution in [1.29, 1.82) is 0 Å². The van der Waals surface area contributed by atoms with E-state index < -0.39 is 0 Å². The number of hydrogen-bond donors (Lipinski definition) is 0. The van der Waals surface area contributed by atoms with Crippen LogP contribution < -0.4 is 0 Å². The molecule has 6 nitrogen and oxygen atoms in total. The second-order valence-corrected chi connectivity index (χ2v) is 7.71. The highest BCUT2D eigenvalue weighted by Crippen LogP contribution is 2.54. The van der Waals surface area contributed by atoms with Crippen LogP contribution in [0.1, 0.15) is 33.1 Å². The molecule has 3 heterocycles. The quantitative estimate of drug-likeness (QED) is 0.732. The first-order valence-corrected chi connectivity index (χ1v) is 9.48. The Bertz CT molecular complexity index is 513. The van der Waals surface area contributed by atoms with Crippen LogP contribution in [0.2, 0.25) is 0 Å². The van der Waals surface area contributed by atoms with Crippen molar-refractivity contribution < 1.29 is 19.1 Å². The van der Waals surface area contributed by atoms with Crippen LogP contribution in [-0.4, -0.2) is 66.8 Å². The summed E-state index contributed by atoms with van der Waals surface area (Å²) in [5.41, 5.74) is 0. The van der Waals surface area contributed by atoms with E-state index in [0.29, 0.717) is 43.1 Å². The maximum atomic E-state index is 12.1. The molecule has 5 rings (SSSR count). The molecule has 2 saturated carbocycles. The van der Waals surface area contributed by atoms with Gasteiger partial charge in [-0.25, -0.2) is 4.79 Å². The highest BCUT2D eigenvalue weighted by atomic mass is 16.6. The lowest BCUT2D eigenvalue weighted by Gasteiger charge is -2.51. The van der Waals surface area contributed by atoms with Crippen molar-refractivity contribution in [2.24, 2.45) is 23.7 Å². The molecular formula is C18H28N2O4. The van der Waals surface area contributed by atoms with Gasteiger partial charge in [-0.15, -0.1) is 0 Å². The number of piperidine rings is 3. The number of rotatable bonds is 4. The molecule has 0 radical (unpaired) electrons. The Morgan fingerprint density at radius 3 is 2.29 bits per heavy atom. The van der Waals surface area contributed by atoms with Crippen LogP contribution in [0.25, 0.3) is 0 Å². The Hall–Kier alpha value is -1.30. The highest BCUT2D eigenvalue weighted by Gasteiger charge is 2.62. The molecule has 5 fully saturated rings. The molecule has 1 amide bonds. The summed E-state index contributed by atoms with van der Waals surface area (Å²) in [6.07, 6.45) is 3.23. The average molecular weight is 336 g/mol. The molecule has 0 aromatic heterocycles. The molecule has 3 aliphatic heterocycles. The first kappa shape index (κ1) is 16.2. The van der Waals surface area contributed by atoms with Crippen LogP contribution in [0.3, 0.4) is 0 Å². The van der Waals surface area contributed by atoms with Gasteiger partial charge in [-0.3, -0.25) is 9.69 Å². The lowest BCUT2D eigenvalue weighted by molar-refractivity contribution is -0.146. The number of likely N-dealkylation sites (tertiary alicyclic amines) is 1. The standard InChI is InChI=1S/C18H28N2O4/c1-3-23-17(21)16-13-9-19(10-14(13)16)15-7-12-6-5-11(15)8-20(12)18(22)24-4-2/h11-16H,3-10H2,1-2H3. The van der Waals surface area contributed by atoms with Gasteiger partial charge in [0.2, 0.25) is 0 Å². The first-order chi connectivity index (χ1) is 11.6. The van der Waals surface area contributed by atoms with Crippen LogP contribution in [0, 0.1) is 23.7 Å². The lowest BCUT2D eigenvalue weighted by Crippen LogP contribution is -2.60.